The third kappa shape index (κ3) is 6.27. The lowest BCUT2D eigenvalue weighted by Crippen LogP contribution is -2.32. The van der Waals surface area contributed by atoms with E-state index in [0.29, 0.717) is 40.3 Å². The first kappa shape index (κ1) is 25.1. The van der Waals surface area contributed by atoms with E-state index < -0.39 is 6.04 Å². The predicted molar refractivity (Wildman–Crippen MR) is 128 cm³/mol. The Kier molecular flexibility index (Phi) is 8.88. The number of nitrogens with one attached hydrogen (secondary N) is 2. The first-order valence-corrected chi connectivity index (χ1v) is 11.5. The van der Waals surface area contributed by atoms with Gasteiger partial charge in [0.2, 0.25) is 5.91 Å². The number of aliphatic hydroxyl groups is 1. The van der Waals surface area contributed by atoms with Gasteiger partial charge in [0.15, 0.2) is 11.0 Å². The molecule has 2 aromatic carbocycles. The number of hydrogen-bond acceptors (Lipinski definition) is 8. The SMILES string of the molecule is CCn1c(SCC(=O)Nc2cccc(OC)c2)nnc1[C@H](CO)NC(=O)c1ccc(OC)cc1. The van der Waals surface area contributed by atoms with Gasteiger partial charge in [-0.2, -0.15) is 0 Å². The Morgan fingerprint density at radius 3 is 2.47 bits per heavy atom. The van der Waals surface area contributed by atoms with Crippen LogP contribution in [0.2, 0.25) is 0 Å². The van der Waals surface area contributed by atoms with Gasteiger partial charge in [-0.1, -0.05) is 17.8 Å². The Balaban J connectivity index is 1.65. The summed E-state index contributed by atoms with van der Waals surface area (Å²) in [6.07, 6.45) is 0. The summed E-state index contributed by atoms with van der Waals surface area (Å²) in [5, 5.41) is 24.3. The van der Waals surface area contributed by atoms with Crippen molar-refractivity contribution < 1.29 is 24.2 Å². The van der Waals surface area contributed by atoms with E-state index >= 15 is 0 Å². The van der Waals surface area contributed by atoms with Crippen LogP contribution in [0.5, 0.6) is 11.5 Å². The fraction of sp³-hybridized carbons (Fsp3) is 0.304. The summed E-state index contributed by atoms with van der Waals surface area (Å²) in [5.74, 6) is 1.22. The Bertz CT molecular complexity index is 1120. The molecule has 10 nitrogen and oxygen atoms in total. The number of nitrogens with zero attached hydrogens (tertiary/aromatic N) is 3. The maximum absolute atomic E-state index is 12.6. The maximum atomic E-state index is 12.6. The molecule has 3 aromatic rings. The minimum Gasteiger partial charge on any atom is -0.497 e. The zero-order valence-corrected chi connectivity index (χ0v) is 20.0. The van der Waals surface area contributed by atoms with E-state index in [-0.39, 0.29) is 24.2 Å². The molecule has 0 aliphatic rings. The monoisotopic (exact) mass is 485 g/mol. The zero-order chi connectivity index (χ0) is 24.5. The van der Waals surface area contributed by atoms with Crippen molar-refractivity contribution in [2.24, 2.45) is 0 Å². The van der Waals surface area contributed by atoms with E-state index in [9.17, 15) is 14.7 Å². The van der Waals surface area contributed by atoms with Crippen LogP contribution in [-0.2, 0) is 11.3 Å². The van der Waals surface area contributed by atoms with E-state index in [1.165, 1.54) is 11.8 Å². The van der Waals surface area contributed by atoms with Gasteiger partial charge in [0.05, 0.1) is 26.6 Å². The van der Waals surface area contributed by atoms with E-state index in [1.807, 2.05) is 6.92 Å². The summed E-state index contributed by atoms with van der Waals surface area (Å²) in [6, 6.07) is 13.0. The fourth-order valence-electron chi connectivity index (χ4n) is 3.17. The number of carbonyl (C=O) groups is 2. The van der Waals surface area contributed by atoms with Crippen LogP contribution in [0, 0.1) is 0 Å². The van der Waals surface area contributed by atoms with E-state index in [0.717, 1.165) is 0 Å². The molecule has 0 unspecified atom stereocenters. The second-order valence-corrected chi connectivity index (χ2v) is 8.03. The van der Waals surface area contributed by atoms with Crippen LogP contribution >= 0.6 is 11.8 Å². The lowest BCUT2D eigenvalue weighted by Gasteiger charge is -2.17. The minimum atomic E-state index is -0.762. The van der Waals surface area contributed by atoms with Crippen LogP contribution in [0.25, 0.3) is 0 Å². The predicted octanol–water partition coefficient (Wildman–Crippen LogP) is 2.51. The number of rotatable bonds is 11. The average Bonchev–Trinajstić information content (AvgIpc) is 3.28. The van der Waals surface area contributed by atoms with Crippen molar-refractivity contribution in [3.8, 4) is 11.5 Å². The number of carbonyl (C=O) groups excluding carboxylic acids is 2. The average molecular weight is 486 g/mol. The van der Waals surface area contributed by atoms with Crippen molar-refractivity contribution in [2.75, 3.05) is 31.9 Å². The van der Waals surface area contributed by atoms with Crippen LogP contribution in [0.4, 0.5) is 5.69 Å². The standard InChI is InChI=1S/C23H27N5O5S/c1-4-28-21(19(13-29)25-22(31)15-8-10-17(32-2)11-9-15)26-27-23(28)34-14-20(30)24-16-6-5-7-18(12-16)33-3/h5-12,19,29H,4,13-14H2,1-3H3,(H,24,30)(H,25,31)/t19-/m0/s1. The van der Waals surface area contributed by atoms with Crippen LogP contribution in [0.15, 0.2) is 53.7 Å². The van der Waals surface area contributed by atoms with Crippen molar-refractivity contribution in [2.45, 2.75) is 24.7 Å². The number of hydrogen-bond donors (Lipinski definition) is 3. The maximum Gasteiger partial charge on any atom is 0.251 e. The molecule has 3 N–H and O–H groups in total. The van der Waals surface area contributed by atoms with Gasteiger partial charge in [-0.3, -0.25) is 9.59 Å². The Hall–Kier alpha value is -3.57. The summed E-state index contributed by atoms with van der Waals surface area (Å²) in [6.45, 7) is 2.03. The van der Waals surface area contributed by atoms with Crippen molar-refractivity contribution in [1.82, 2.24) is 20.1 Å². The van der Waals surface area contributed by atoms with Gasteiger partial charge in [-0.05, 0) is 43.3 Å². The van der Waals surface area contributed by atoms with Gasteiger partial charge >= 0.3 is 0 Å². The van der Waals surface area contributed by atoms with Gasteiger partial charge in [-0.25, -0.2) is 0 Å². The normalized spacial score (nSPS) is 11.5. The Morgan fingerprint density at radius 1 is 1.09 bits per heavy atom. The number of aromatic nitrogens is 3. The molecule has 1 atom stereocenters. The van der Waals surface area contributed by atoms with Crippen molar-refractivity contribution >= 4 is 29.3 Å². The van der Waals surface area contributed by atoms with E-state index in [4.69, 9.17) is 9.47 Å². The molecular weight excluding hydrogens is 458 g/mol. The molecule has 0 aliphatic carbocycles. The van der Waals surface area contributed by atoms with Crippen LogP contribution in [0.3, 0.4) is 0 Å². The molecular formula is C23H27N5O5S. The molecule has 180 valence electrons. The Labute approximate surface area is 201 Å². The number of anilines is 1. The molecule has 34 heavy (non-hydrogen) atoms. The minimum absolute atomic E-state index is 0.108. The summed E-state index contributed by atoms with van der Waals surface area (Å²) in [7, 11) is 3.11. The van der Waals surface area contributed by atoms with Gasteiger partial charge < -0.3 is 29.8 Å². The summed E-state index contributed by atoms with van der Waals surface area (Å²) >= 11 is 1.21. The molecule has 11 heteroatoms. The molecule has 0 aliphatic heterocycles. The number of benzene rings is 2. The van der Waals surface area contributed by atoms with Gasteiger partial charge in [-0.15, -0.1) is 10.2 Å². The second-order valence-electron chi connectivity index (χ2n) is 7.09. The molecule has 0 fully saturated rings. The van der Waals surface area contributed by atoms with Gasteiger partial charge in [0, 0.05) is 23.9 Å². The molecule has 0 saturated carbocycles. The molecule has 2 amide bonds. The first-order valence-electron chi connectivity index (χ1n) is 10.5. The lowest BCUT2D eigenvalue weighted by atomic mass is 10.2. The number of thioether (sulfide) groups is 1. The molecule has 1 heterocycles. The molecule has 0 bridgehead atoms. The van der Waals surface area contributed by atoms with Gasteiger partial charge in [0.1, 0.15) is 17.5 Å². The summed E-state index contributed by atoms with van der Waals surface area (Å²) in [5.41, 5.74) is 1.05. The third-order valence-corrected chi connectivity index (χ3v) is 5.87. The Morgan fingerprint density at radius 2 is 1.82 bits per heavy atom. The van der Waals surface area contributed by atoms with Crippen LogP contribution in [0.1, 0.15) is 29.1 Å². The highest BCUT2D eigenvalue weighted by Crippen LogP contribution is 2.22. The summed E-state index contributed by atoms with van der Waals surface area (Å²) < 4.78 is 12.0. The lowest BCUT2D eigenvalue weighted by molar-refractivity contribution is -0.113. The quantitative estimate of drug-likeness (QED) is 0.354. The third-order valence-electron chi connectivity index (χ3n) is 4.90. The highest BCUT2D eigenvalue weighted by molar-refractivity contribution is 7.99. The summed E-state index contributed by atoms with van der Waals surface area (Å²) in [4.78, 5) is 25.0. The highest BCUT2D eigenvalue weighted by Gasteiger charge is 2.23. The highest BCUT2D eigenvalue weighted by atomic mass is 32.2. The van der Waals surface area contributed by atoms with Crippen molar-refractivity contribution in [1.29, 1.82) is 0 Å². The zero-order valence-electron chi connectivity index (χ0n) is 19.1. The molecule has 3 rings (SSSR count). The van der Waals surface area contributed by atoms with Crippen molar-refractivity contribution in [3.63, 3.8) is 0 Å². The molecule has 0 saturated heterocycles. The largest absolute Gasteiger partial charge is 0.497 e. The topological polar surface area (TPSA) is 128 Å². The number of methoxy groups -OCH3 is 2. The number of aliphatic hydroxyl groups excluding tert-OH is 1. The molecule has 0 radical (unpaired) electrons. The van der Waals surface area contributed by atoms with Crippen LogP contribution < -0.4 is 20.1 Å². The van der Waals surface area contributed by atoms with E-state index in [2.05, 4.69) is 20.8 Å². The molecule has 0 spiro atoms. The smallest absolute Gasteiger partial charge is 0.251 e. The number of amides is 2. The first-order chi connectivity index (χ1) is 16.5. The van der Waals surface area contributed by atoms with Crippen molar-refractivity contribution in [3.05, 3.63) is 59.9 Å². The number of ether oxygens (including phenoxy) is 2. The second kappa shape index (κ2) is 12.1. The fourth-order valence-corrected chi connectivity index (χ4v) is 3.98. The van der Waals surface area contributed by atoms with Gasteiger partial charge in [0.25, 0.3) is 5.91 Å². The van der Waals surface area contributed by atoms with Crippen LogP contribution in [-0.4, -0.2) is 58.3 Å². The van der Waals surface area contributed by atoms with E-state index in [1.54, 1.807) is 67.3 Å². The molecule has 1 aromatic heterocycles.